The van der Waals surface area contributed by atoms with Crippen LogP contribution in [0, 0.1) is 0 Å². The van der Waals surface area contributed by atoms with Crippen molar-refractivity contribution in [3.63, 3.8) is 0 Å². The number of ketones is 2. The molecule has 1 aliphatic carbocycles. The number of hydrogen-bond donors (Lipinski definition) is 1. The zero-order valence-electron chi connectivity index (χ0n) is 12.0. The molecule has 3 rings (SSSR count). The van der Waals surface area contributed by atoms with Crippen LogP contribution in [0.4, 0.5) is 5.69 Å². The molecular weight excluding hydrogens is 254 g/mol. The highest BCUT2D eigenvalue weighted by Crippen LogP contribution is 2.51. The van der Waals surface area contributed by atoms with E-state index >= 15 is 0 Å². The number of aliphatic hydroxyl groups is 1. The first-order valence-corrected chi connectivity index (χ1v) is 6.60. The molecule has 0 saturated heterocycles. The van der Waals surface area contributed by atoms with Crippen LogP contribution in [0.5, 0.6) is 0 Å². The molecule has 1 unspecified atom stereocenters. The van der Waals surface area contributed by atoms with Crippen molar-refractivity contribution in [1.82, 2.24) is 0 Å². The van der Waals surface area contributed by atoms with E-state index in [2.05, 4.69) is 0 Å². The molecule has 0 amide bonds. The van der Waals surface area contributed by atoms with Crippen LogP contribution in [0.1, 0.15) is 26.3 Å². The molecule has 1 aromatic carbocycles. The maximum atomic E-state index is 12.0. The summed E-state index contributed by atoms with van der Waals surface area (Å²) >= 11 is 0. The highest BCUT2D eigenvalue weighted by Gasteiger charge is 2.58. The molecule has 4 heteroatoms. The van der Waals surface area contributed by atoms with Gasteiger partial charge < -0.3 is 10.0 Å². The molecule has 1 aliphatic heterocycles. The Kier molecular flexibility index (Phi) is 2.34. The fourth-order valence-corrected chi connectivity index (χ4v) is 3.39. The molecular formula is C16H17NO3. The molecule has 1 heterocycles. The normalized spacial score (nSPS) is 31.4. The first-order chi connectivity index (χ1) is 9.20. The van der Waals surface area contributed by atoms with Crippen LogP contribution in [-0.2, 0) is 15.0 Å². The van der Waals surface area contributed by atoms with E-state index in [0.717, 1.165) is 11.3 Å². The Morgan fingerprint density at radius 2 is 1.70 bits per heavy atom. The second kappa shape index (κ2) is 3.58. The van der Waals surface area contributed by atoms with Gasteiger partial charge in [0, 0.05) is 23.8 Å². The highest BCUT2D eigenvalue weighted by molar-refractivity contribution is 6.56. The lowest BCUT2D eigenvalue weighted by atomic mass is 9.68. The van der Waals surface area contributed by atoms with Gasteiger partial charge in [-0.3, -0.25) is 9.59 Å². The molecule has 20 heavy (non-hydrogen) atoms. The van der Waals surface area contributed by atoms with Crippen LogP contribution in [-0.4, -0.2) is 29.3 Å². The predicted octanol–water partition coefficient (Wildman–Crippen LogP) is 1.57. The quantitative estimate of drug-likeness (QED) is 0.575. The van der Waals surface area contributed by atoms with E-state index in [-0.39, 0.29) is 5.57 Å². The summed E-state index contributed by atoms with van der Waals surface area (Å²) in [5.41, 5.74) is 0.955. The van der Waals surface area contributed by atoms with E-state index in [1.165, 1.54) is 6.92 Å². The van der Waals surface area contributed by atoms with Gasteiger partial charge in [0.1, 0.15) is 0 Å². The molecule has 4 nitrogen and oxygen atoms in total. The Morgan fingerprint density at radius 1 is 1.10 bits per heavy atom. The van der Waals surface area contributed by atoms with Gasteiger partial charge in [0.2, 0.25) is 11.6 Å². The molecule has 0 radical (unpaired) electrons. The van der Waals surface area contributed by atoms with Gasteiger partial charge in [-0.1, -0.05) is 32.0 Å². The van der Waals surface area contributed by atoms with E-state index in [1.807, 2.05) is 50.1 Å². The molecule has 0 spiro atoms. The van der Waals surface area contributed by atoms with E-state index < -0.39 is 22.6 Å². The average Bonchev–Trinajstić information content (AvgIpc) is 2.60. The molecule has 1 aromatic rings. The van der Waals surface area contributed by atoms with Gasteiger partial charge in [0.25, 0.3) is 0 Å². The monoisotopic (exact) mass is 271 g/mol. The van der Waals surface area contributed by atoms with Gasteiger partial charge in [-0.2, -0.15) is 0 Å². The summed E-state index contributed by atoms with van der Waals surface area (Å²) in [7, 11) is 1.86. The Labute approximate surface area is 117 Å². The van der Waals surface area contributed by atoms with Crippen molar-refractivity contribution < 1.29 is 14.7 Å². The minimum atomic E-state index is -1.67. The first-order valence-electron chi connectivity index (χ1n) is 6.60. The van der Waals surface area contributed by atoms with E-state index in [4.69, 9.17) is 0 Å². The van der Waals surface area contributed by atoms with Crippen molar-refractivity contribution in [2.75, 3.05) is 11.9 Å². The van der Waals surface area contributed by atoms with Crippen molar-refractivity contribution >= 4 is 17.3 Å². The minimum absolute atomic E-state index is 0.228. The van der Waals surface area contributed by atoms with Crippen LogP contribution < -0.4 is 4.90 Å². The maximum Gasteiger partial charge on any atom is 0.239 e. The standard InChI is InChI=1S/C16H17NO3/c1-15(2)9-7-5-6-8-10(9)17(4)13(15)11-12(18)14(19)16(11,3)20/h5-8,20H,1-4H3/b13-11-. The van der Waals surface area contributed by atoms with Gasteiger partial charge in [-0.25, -0.2) is 0 Å². The summed E-state index contributed by atoms with van der Waals surface area (Å²) in [4.78, 5) is 25.4. The zero-order valence-corrected chi connectivity index (χ0v) is 12.0. The largest absolute Gasteiger partial charge is 0.377 e. The number of likely N-dealkylation sites (N-methyl/N-ethyl adjacent to an activating group) is 1. The number of fused-ring (bicyclic) bond motifs is 1. The number of carbonyl (C=O) groups is 2. The highest BCUT2D eigenvalue weighted by atomic mass is 16.3. The predicted molar refractivity (Wildman–Crippen MR) is 75.5 cm³/mol. The lowest BCUT2D eigenvalue weighted by Gasteiger charge is -2.38. The molecule has 0 aromatic heterocycles. The van der Waals surface area contributed by atoms with Gasteiger partial charge in [0.05, 0.1) is 5.57 Å². The summed E-state index contributed by atoms with van der Waals surface area (Å²) in [6, 6.07) is 7.88. The topological polar surface area (TPSA) is 57.6 Å². The van der Waals surface area contributed by atoms with E-state index in [0.29, 0.717) is 5.70 Å². The number of anilines is 1. The summed E-state index contributed by atoms with van der Waals surface area (Å²) in [5, 5.41) is 10.2. The first kappa shape index (κ1) is 13.1. The number of rotatable bonds is 0. The summed E-state index contributed by atoms with van der Waals surface area (Å²) < 4.78 is 0. The lowest BCUT2D eigenvalue weighted by molar-refractivity contribution is -0.152. The number of carbonyl (C=O) groups excluding carboxylic acids is 2. The Balaban J connectivity index is 2.29. The van der Waals surface area contributed by atoms with Crippen LogP contribution in [0.25, 0.3) is 0 Å². The van der Waals surface area contributed by atoms with Crippen LogP contribution >= 0.6 is 0 Å². The van der Waals surface area contributed by atoms with Gasteiger partial charge in [-0.15, -0.1) is 0 Å². The number of nitrogens with zero attached hydrogens (tertiary/aromatic N) is 1. The zero-order chi connectivity index (χ0) is 14.9. The molecule has 1 saturated carbocycles. The van der Waals surface area contributed by atoms with Crippen molar-refractivity contribution in [2.24, 2.45) is 0 Å². The Bertz CT molecular complexity index is 683. The molecule has 104 valence electrons. The second-order valence-electron chi connectivity index (χ2n) is 6.16. The summed E-state index contributed by atoms with van der Waals surface area (Å²) in [5.74, 6) is -1.29. The summed E-state index contributed by atoms with van der Waals surface area (Å²) in [6.07, 6.45) is 0. The SMILES string of the molecule is CN1/C(=C2/C(=O)C(=O)C2(C)O)C(C)(C)c2ccccc21. The second-order valence-corrected chi connectivity index (χ2v) is 6.16. The minimum Gasteiger partial charge on any atom is -0.377 e. The smallest absolute Gasteiger partial charge is 0.239 e. The van der Waals surface area contributed by atoms with Crippen molar-refractivity contribution in [3.05, 3.63) is 41.1 Å². The molecule has 0 bridgehead atoms. The number of hydrogen-bond acceptors (Lipinski definition) is 4. The summed E-state index contributed by atoms with van der Waals surface area (Å²) in [6.45, 7) is 5.40. The maximum absolute atomic E-state index is 12.0. The number of allylic oxidation sites excluding steroid dienone is 1. The third kappa shape index (κ3) is 1.29. The molecule has 1 N–H and O–H groups in total. The van der Waals surface area contributed by atoms with Crippen LogP contribution in [0.3, 0.4) is 0 Å². The lowest BCUT2D eigenvalue weighted by Crippen LogP contribution is -2.58. The number of benzene rings is 1. The third-order valence-electron chi connectivity index (χ3n) is 4.47. The molecule has 2 aliphatic rings. The third-order valence-corrected chi connectivity index (χ3v) is 4.47. The van der Waals surface area contributed by atoms with Gasteiger partial charge >= 0.3 is 0 Å². The van der Waals surface area contributed by atoms with Crippen LogP contribution in [0.2, 0.25) is 0 Å². The number of Topliss-reactive ketones (excluding diaryl/α,β-unsaturated/α-hetero) is 2. The molecule has 1 fully saturated rings. The Hall–Kier alpha value is -1.94. The van der Waals surface area contributed by atoms with Crippen molar-refractivity contribution in [2.45, 2.75) is 31.8 Å². The van der Waals surface area contributed by atoms with E-state index in [9.17, 15) is 14.7 Å². The number of para-hydroxylation sites is 1. The fourth-order valence-electron chi connectivity index (χ4n) is 3.39. The fraction of sp³-hybridized carbons (Fsp3) is 0.375. The van der Waals surface area contributed by atoms with Crippen molar-refractivity contribution in [1.29, 1.82) is 0 Å². The Morgan fingerprint density at radius 3 is 2.25 bits per heavy atom. The van der Waals surface area contributed by atoms with Gasteiger partial charge in [-0.05, 0) is 18.6 Å². The van der Waals surface area contributed by atoms with Crippen LogP contribution in [0.15, 0.2) is 35.5 Å². The van der Waals surface area contributed by atoms with Gasteiger partial charge in [0.15, 0.2) is 5.60 Å². The van der Waals surface area contributed by atoms with Crippen molar-refractivity contribution in [3.8, 4) is 0 Å². The molecule has 1 atom stereocenters. The average molecular weight is 271 g/mol. The van der Waals surface area contributed by atoms with E-state index in [1.54, 1.807) is 0 Å².